The fraction of sp³-hybridized carbons (Fsp3) is 0.391. The molecule has 0 radical (unpaired) electrons. The van der Waals surface area contributed by atoms with Crippen LogP contribution in [0.4, 0.5) is 0 Å². The number of hydrogen-bond donors (Lipinski definition) is 1. The maximum atomic E-state index is 13.3. The normalized spacial score (nSPS) is 16.9. The summed E-state index contributed by atoms with van der Waals surface area (Å²) >= 11 is 3.45. The molecule has 1 saturated heterocycles. The molecular weight excluding hydrogens is 474 g/mol. The molecule has 1 N–H and O–H groups in total. The summed E-state index contributed by atoms with van der Waals surface area (Å²) < 4.78 is 8.18. The summed E-state index contributed by atoms with van der Waals surface area (Å²) in [7, 11) is 0. The number of halogens is 1. The Morgan fingerprint density at radius 2 is 1.78 bits per heavy atom. The third-order valence-corrected chi connectivity index (χ3v) is 6.55. The van der Waals surface area contributed by atoms with Crippen molar-refractivity contribution >= 4 is 27.7 Å². The number of furan rings is 1. The van der Waals surface area contributed by atoms with Gasteiger partial charge in [0.15, 0.2) is 11.5 Å². The van der Waals surface area contributed by atoms with Gasteiger partial charge in [0.1, 0.15) is 5.76 Å². The second-order valence-electron chi connectivity index (χ2n) is 8.44. The third kappa shape index (κ3) is 4.21. The van der Waals surface area contributed by atoms with Crippen molar-refractivity contribution in [3.63, 3.8) is 0 Å². The molecule has 3 aromatic rings. The number of aryl methyl sites for hydroxylation is 1. The van der Waals surface area contributed by atoms with Crippen LogP contribution in [-0.4, -0.2) is 50.8 Å². The topological polar surface area (TPSA) is 93.3 Å². The van der Waals surface area contributed by atoms with Crippen LogP contribution in [-0.2, 0) is 0 Å². The fourth-order valence-corrected chi connectivity index (χ4v) is 4.39. The van der Waals surface area contributed by atoms with Crippen LogP contribution in [0.3, 0.4) is 0 Å². The van der Waals surface area contributed by atoms with Crippen molar-refractivity contribution < 1.29 is 14.0 Å². The fourth-order valence-electron chi connectivity index (χ4n) is 4.13. The van der Waals surface area contributed by atoms with Crippen LogP contribution >= 0.6 is 15.9 Å². The second kappa shape index (κ2) is 8.54. The Hall–Kier alpha value is -2.94. The van der Waals surface area contributed by atoms with Gasteiger partial charge in [-0.2, -0.15) is 0 Å². The van der Waals surface area contributed by atoms with E-state index in [9.17, 15) is 9.59 Å². The van der Waals surface area contributed by atoms with E-state index in [1.807, 2.05) is 36.1 Å². The summed E-state index contributed by atoms with van der Waals surface area (Å²) in [6.07, 6.45) is 3.47. The van der Waals surface area contributed by atoms with E-state index in [-0.39, 0.29) is 17.9 Å². The lowest BCUT2D eigenvalue weighted by atomic mass is 10.0. The molecule has 1 saturated carbocycles. The second-order valence-corrected chi connectivity index (χ2v) is 9.35. The Bertz CT molecular complexity index is 1140. The molecule has 1 aromatic carbocycles. The van der Waals surface area contributed by atoms with Gasteiger partial charge in [0.2, 0.25) is 0 Å². The van der Waals surface area contributed by atoms with Crippen LogP contribution in [0.15, 0.2) is 45.3 Å². The molecule has 166 valence electrons. The summed E-state index contributed by atoms with van der Waals surface area (Å²) in [5, 5.41) is 11.6. The first kappa shape index (κ1) is 20.9. The number of likely N-dealkylation sites (tertiary alicyclic amines) is 1. The monoisotopic (exact) mass is 497 g/mol. The van der Waals surface area contributed by atoms with E-state index in [4.69, 9.17) is 4.42 Å². The Labute approximate surface area is 194 Å². The van der Waals surface area contributed by atoms with Crippen molar-refractivity contribution in [1.29, 1.82) is 0 Å². The lowest BCUT2D eigenvalue weighted by molar-refractivity contribution is 0.0688. The standard InChI is InChI=1S/C23H24BrN5O3/c1-14-2-9-19(32-14)22(30)25-17-10-12-28(13-11-17)23(31)20-21(15-3-4-15)29(27-26-20)18-7-5-16(24)6-8-18/h2,5-9,15,17H,3-4,10-13H2,1H3,(H,25,30). The number of piperidine rings is 1. The molecule has 5 rings (SSSR count). The molecule has 8 nitrogen and oxygen atoms in total. The van der Waals surface area contributed by atoms with Crippen molar-refractivity contribution in [2.45, 2.75) is 44.6 Å². The first-order valence-electron chi connectivity index (χ1n) is 10.9. The zero-order valence-electron chi connectivity index (χ0n) is 17.8. The number of nitrogens with one attached hydrogen (secondary N) is 1. The molecule has 2 aliphatic rings. The minimum Gasteiger partial charge on any atom is -0.456 e. The highest BCUT2D eigenvalue weighted by molar-refractivity contribution is 9.10. The highest BCUT2D eigenvalue weighted by atomic mass is 79.9. The summed E-state index contributed by atoms with van der Waals surface area (Å²) in [5.41, 5.74) is 2.25. The van der Waals surface area contributed by atoms with Gasteiger partial charge in [-0.05, 0) is 69.0 Å². The van der Waals surface area contributed by atoms with Gasteiger partial charge in [-0.15, -0.1) is 5.10 Å². The Morgan fingerprint density at radius 1 is 1.06 bits per heavy atom. The molecule has 9 heteroatoms. The minimum absolute atomic E-state index is 0.0123. The summed E-state index contributed by atoms with van der Waals surface area (Å²) in [5.74, 6) is 1.05. The van der Waals surface area contributed by atoms with Crippen LogP contribution in [0.1, 0.15) is 64.1 Å². The molecular formula is C23H24BrN5O3. The molecule has 0 unspecified atom stereocenters. The molecule has 1 aliphatic heterocycles. The molecule has 0 spiro atoms. The van der Waals surface area contributed by atoms with Crippen LogP contribution in [0.25, 0.3) is 5.69 Å². The number of hydrogen-bond acceptors (Lipinski definition) is 5. The maximum absolute atomic E-state index is 13.3. The molecule has 0 bridgehead atoms. The minimum atomic E-state index is -0.212. The van der Waals surface area contributed by atoms with E-state index in [0.29, 0.717) is 49.1 Å². The summed E-state index contributed by atoms with van der Waals surface area (Å²) in [4.78, 5) is 27.5. The third-order valence-electron chi connectivity index (χ3n) is 6.02. The highest BCUT2D eigenvalue weighted by Crippen LogP contribution is 2.42. The molecule has 2 aromatic heterocycles. The molecule has 2 fully saturated rings. The molecule has 2 amide bonds. The highest BCUT2D eigenvalue weighted by Gasteiger charge is 2.36. The van der Waals surface area contributed by atoms with E-state index < -0.39 is 0 Å². The van der Waals surface area contributed by atoms with E-state index in [1.54, 1.807) is 16.8 Å². The molecule has 1 aliphatic carbocycles. The Morgan fingerprint density at radius 3 is 2.41 bits per heavy atom. The summed E-state index contributed by atoms with van der Waals surface area (Å²) in [6.45, 7) is 2.94. The lowest BCUT2D eigenvalue weighted by Gasteiger charge is -2.32. The van der Waals surface area contributed by atoms with Gasteiger partial charge in [0.25, 0.3) is 11.8 Å². The number of aromatic nitrogens is 3. The lowest BCUT2D eigenvalue weighted by Crippen LogP contribution is -2.46. The van der Waals surface area contributed by atoms with Crippen LogP contribution in [0.5, 0.6) is 0 Å². The number of carbonyl (C=O) groups is 2. The zero-order chi connectivity index (χ0) is 22.2. The number of rotatable bonds is 5. The average molecular weight is 498 g/mol. The van der Waals surface area contributed by atoms with Gasteiger partial charge >= 0.3 is 0 Å². The SMILES string of the molecule is Cc1ccc(C(=O)NC2CCN(C(=O)c3nnn(-c4ccc(Br)cc4)c3C3CC3)CC2)o1. The quantitative estimate of drug-likeness (QED) is 0.577. The zero-order valence-corrected chi connectivity index (χ0v) is 19.3. The van der Waals surface area contributed by atoms with Crippen molar-refractivity contribution in [2.75, 3.05) is 13.1 Å². The van der Waals surface area contributed by atoms with E-state index in [1.165, 1.54) is 0 Å². The van der Waals surface area contributed by atoms with Gasteiger partial charge in [-0.3, -0.25) is 9.59 Å². The maximum Gasteiger partial charge on any atom is 0.287 e. The smallest absolute Gasteiger partial charge is 0.287 e. The average Bonchev–Trinajstić information content (AvgIpc) is 3.38. The first-order valence-corrected chi connectivity index (χ1v) is 11.7. The van der Waals surface area contributed by atoms with Crippen molar-refractivity contribution in [3.8, 4) is 5.69 Å². The van der Waals surface area contributed by atoms with E-state index >= 15 is 0 Å². The van der Waals surface area contributed by atoms with Gasteiger partial charge in [0, 0.05) is 29.5 Å². The number of amides is 2. The molecule has 0 atom stereocenters. The first-order chi connectivity index (χ1) is 15.5. The van der Waals surface area contributed by atoms with Gasteiger partial charge in [0.05, 0.1) is 11.4 Å². The van der Waals surface area contributed by atoms with Crippen LogP contribution in [0.2, 0.25) is 0 Å². The van der Waals surface area contributed by atoms with Crippen LogP contribution < -0.4 is 5.32 Å². The van der Waals surface area contributed by atoms with Gasteiger partial charge in [-0.25, -0.2) is 4.68 Å². The summed E-state index contributed by atoms with van der Waals surface area (Å²) in [6, 6.07) is 11.3. The van der Waals surface area contributed by atoms with E-state index in [0.717, 1.165) is 28.7 Å². The Kier molecular flexibility index (Phi) is 5.58. The largest absolute Gasteiger partial charge is 0.456 e. The Balaban J connectivity index is 1.26. The van der Waals surface area contributed by atoms with Crippen LogP contribution in [0, 0.1) is 6.92 Å². The predicted molar refractivity (Wildman–Crippen MR) is 121 cm³/mol. The molecule has 32 heavy (non-hydrogen) atoms. The predicted octanol–water partition coefficient (Wildman–Crippen LogP) is 3.84. The van der Waals surface area contributed by atoms with E-state index in [2.05, 4.69) is 31.6 Å². The number of benzene rings is 1. The number of carbonyl (C=O) groups excluding carboxylic acids is 2. The molecule has 3 heterocycles. The number of nitrogens with zero attached hydrogens (tertiary/aromatic N) is 4. The van der Waals surface area contributed by atoms with Crippen molar-refractivity contribution in [3.05, 3.63) is 63.8 Å². The van der Waals surface area contributed by atoms with Gasteiger partial charge < -0.3 is 14.6 Å². The van der Waals surface area contributed by atoms with Crippen molar-refractivity contribution in [2.24, 2.45) is 0 Å². The van der Waals surface area contributed by atoms with Crippen molar-refractivity contribution in [1.82, 2.24) is 25.2 Å². The van der Waals surface area contributed by atoms with Gasteiger partial charge in [-0.1, -0.05) is 21.1 Å².